The van der Waals surface area contributed by atoms with Crippen LogP contribution in [0.4, 0.5) is 0 Å². The molecule has 1 aromatic rings. The van der Waals surface area contributed by atoms with Crippen molar-refractivity contribution < 1.29 is 0 Å². The summed E-state index contributed by atoms with van der Waals surface area (Å²) in [6.07, 6.45) is 7.51. The summed E-state index contributed by atoms with van der Waals surface area (Å²) in [5, 5.41) is 11.2. The fourth-order valence-electron chi connectivity index (χ4n) is 1.71. The highest BCUT2D eigenvalue weighted by Crippen LogP contribution is 2.07. The van der Waals surface area contributed by atoms with Crippen LogP contribution in [0, 0.1) is 5.92 Å². The van der Waals surface area contributed by atoms with Crippen LogP contribution in [0.5, 0.6) is 0 Å². The van der Waals surface area contributed by atoms with Crippen LogP contribution in [0.1, 0.15) is 40.0 Å². The van der Waals surface area contributed by atoms with Gasteiger partial charge in [0.1, 0.15) is 0 Å². The molecule has 1 atom stereocenters. The van der Waals surface area contributed by atoms with Crippen molar-refractivity contribution in [2.75, 3.05) is 6.54 Å². The second kappa shape index (κ2) is 7.39. The Morgan fingerprint density at radius 3 is 2.69 bits per heavy atom. The van der Waals surface area contributed by atoms with Crippen molar-refractivity contribution in [1.29, 1.82) is 0 Å². The predicted molar refractivity (Wildman–Crippen MR) is 66.2 cm³/mol. The number of aromatic nitrogens is 3. The SMILES string of the molecule is CC(C)CCCC(C)NCCn1ccnn1. The summed E-state index contributed by atoms with van der Waals surface area (Å²) in [7, 11) is 0. The minimum absolute atomic E-state index is 0.599. The summed E-state index contributed by atoms with van der Waals surface area (Å²) >= 11 is 0. The molecule has 1 N–H and O–H groups in total. The van der Waals surface area contributed by atoms with Gasteiger partial charge in [-0.2, -0.15) is 0 Å². The van der Waals surface area contributed by atoms with Crippen molar-refractivity contribution in [2.45, 2.75) is 52.6 Å². The molecule has 1 rings (SSSR count). The minimum Gasteiger partial charge on any atom is -0.312 e. The Bertz CT molecular complexity index is 256. The van der Waals surface area contributed by atoms with E-state index >= 15 is 0 Å². The Balaban J connectivity index is 2.00. The van der Waals surface area contributed by atoms with E-state index in [1.54, 1.807) is 6.20 Å². The van der Waals surface area contributed by atoms with E-state index in [4.69, 9.17) is 0 Å². The van der Waals surface area contributed by atoms with Gasteiger partial charge in [-0.1, -0.05) is 31.9 Å². The van der Waals surface area contributed by atoms with Crippen LogP contribution in [0.2, 0.25) is 0 Å². The maximum atomic E-state index is 3.93. The van der Waals surface area contributed by atoms with Crippen LogP contribution in [-0.4, -0.2) is 27.6 Å². The molecule has 4 heteroatoms. The second-order valence-corrected chi connectivity index (χ2v) is 4.85. The molecule has 0 amide bonds. The van der Waals surface area contributed by atoms with Gasteiger partial charge in [-0.05, 0) is 19.3 Å². The molecule has 0 fully saturated rings. The largest absolute Gasteiger partial charge is 0.312 e. The average Bonchev–Trinajstić information content (AvgIpc) is 2.70. The highest BCUT2D eigenvalue weighted by Gasteiger charge is 2.02. The lowest BCUT2D eigenvalue weighted by Gasteiger charge is -2.14. The molecule has 0 aliphatic rings. The lowest BCUT2D eigenvalue weighted by Crippen LogP contribution is -2.29. The number of hydrogen-bond acceptors (Lipinski definition) is 3. The average molecular weight is 224 g/mol. The van der Waals surface area contributed by atoms with Gasteiger partial charge in [-0.25, -0.2) is 0 Å². The zero-order chi connectivity index (χ0) is 11.8. The van der Waals surface area contributed by atoms with Crippen molar-refractivity contribution in [3.8, 4) is 0 Å². The first-order valence-corrected chi connectivity index (χ1v) is 6.26. The minimum atomic E-state index is 0.599. The maximum absolute atomic E-state index is 3.93. The predicted octanol–water partition coefficient (Wildman–Crippen LogP) is 2.08. The third-order valence-electron chi connectivity index (χ3n) is 2.72. The van der Waals surface area contributed by atoms with Gasteiger partial charge in [0.2, 0.25) is 0 Å². The fraction of sp³-hybridized carbons (Fsp3) is 0.833. The van der Waals surface area contributed by atoms with Crippen molar-refractivity contribution in [1.82, 2.24) is 20.3 Å². The highest BCUT2D eigenvalue weighted by molar-refractivity contribution is 4.66. The summed E-state index contributed by atoms with van der Waals surface area (Å²) in [5.74, 6) is 0.822. The fourth-order valence-corrected chi connectivity index (χ4v) is 1.71. The lowest BCUT2D eigenvalue weighted by atomic mass is 10.0. The van der Waals surface area contributed by atoms with E-state index in [9.17, 15) is 0 Å². The third kappa shape index (κ3) is 5.85. The summed E-state index contributed by atoms with van der Waals surface area (Å²) in [6.45, 7) is 8.67. The van der Waals surface area contributed by atoms with Gasteiger partial charge in [-0.15, -0.1) is 5.10 Å². The zero-order valence-corrected chi connectivity index (χ0v) is 10.7. The van der Waals surface area contributed by atoms with Gasteiger partial charge in [-0.3, -0.25) is 4.68 Å². The van der Waals surface area contributed by atoms with E-state index in [1.165, 1.54) is 19.3 Å². The number of rotatable bonds is 8. The molecule has 4 nitrogen and oxygen atoms in total. The first kappa shape index (κ1) is 13.2. The van der Waals surface area contributed by atoms with Crippen LogP contribution >= 0.6 is 0 Å². The first-order chi connectivity index (χ1) is 7.68. The number of nitrogens with one attached hydrogen (secondary N) is 1. The monoisotopic (exact) mass is 224 g/mol. The van der Waals surface area contributed by atoms with E-state index in [1.807, 2.05) is 10.9 Å². The Hall–Kier alpha value is -0.900. The van der Waals surface area contributed by atoms with Crippen molar-refractivity contribution in [3.63, 3.8) is 0 Å². The summed E-state index contributed by atoms with van der Waals surface area (Å²) in [6, 6.07) is 0.599. The van der Waals surface area contributed by atoms with Crippen molar-refractivity contribution in [2.24, 2.45) is 5.92 Å². The van der Waals surface area contributed by atoms with Gasteiger partial charge in [0.15, 0.2) is 0 Å². The van der Waals surface area contributed by atoms with Crippen LogP contribution < -0.4 is 5.32 Å². The quantitative estimate of drug-likeness (QED) is 0.735. The van der Waals surface area contributed by atoms with Gasteiger partial charge < -0.3 is 5.32 Å². The van der Waals surface area contributed by atoms with Gasteiger partial charge in [0.05, 0.1) is 12.7 Å². The first-order valence-electron chi connectivity index (χ1n) is 6.26. The molecular weight excluding hydrogens is 200 g/mol. The Morgan fingerprint density at radius 2 is 2.06 bits per heavy atom. The number of hydrogen-bond donors (Lipinski definition) is 1. The molecule has 0 saturated carbocycles. The molecule has 0 bridgehead atoms. The molecular formula is C12H24N4. The highest BCUT2D eigenvalue weighted by atomic mass is 15.4. The van der Waals surface area contributed by atoms with Crippen LogP contribution in [0.25, 0.3) is 0 Å². The Kier molecular flexibility index (Phi) is 6.08. The zero-order valence-electron chi connectivity index (χ0n) is 10.7. The third-order valence-corrected chi connectivity index (χ3v) is 2.72. The van der Waals surface area contributed by atoms with Crippen LogP contribution in [0.3, 0.4) is 0 Å². The standard InChI is InChI=1S/C12H24N4/c1-11(2)5-4-6-12(3)13-7-9-16-10-8-14-15-16/h8,10-13H,4-7,9H2,1-3H3. The van der Waals surface area contributed by atoms with E-state index in [0.29, 0.717) is 6.04 Å². The van der Waals surface area contributed by atoms with Gasteiger partial charge in [0, 0.05) is 18.8 Å². The molecule has 0 aromatic carbocycles. The van der Waals surface area contributed by atoms with Gasteiger partial charge in [0.25, 0.3) is 0 Å². The Morgan fingerprint density at radius 1 is 1.25 bits per heavy atom. The molecule has 1 unspecified atom stereocenters. The molecule has 16 heavy (non-hydrogen) atoms. The lowest BCUT2D eigenvalue weighted by molar-refractivity contribution is 0.438. The van der Waals surface area contributed by atoms with Crippen molar-refractivity contribution in [3.05, 3.63) is 12.4 Å². The molecule has 0 spiro atoms. The molecule has 1 aromatic heterocycles. The van der Waals surface area contributed by atoms with Crippen molar-refractivity contribution >= 4 is 0 Å². The molecule has 0 radical (unpaired) electrons. The molecule has 0 aliphatic heterocycles. The second-order valence-electron chi connectivity index (χ2n) is 4.85. The van der Waals surface area contributed by atoms with E-state index in [2.05, 4.69) is 36.4 Å². The summed E-state index contributed by atoms with van der Waals surface area (Å²) in [4.78, 5) is 0. The normalized spacial score (nSPS) is 13.2. The molecule has 0 aliphatic carbocycles. The topological polar surface area (TPSA) is 42.7 Å². The summed E-state index contributed by atoms with van der Waals surface area (Å²) in [5.41, 5.74) is 0. The van der Waals surface area contributed by atoms with Crippen LogP contribution in [0.15, 0.2) is 12.4 Å². The van der Waals surface area contributed by atoms with E-state index < -0.39 is 0 Å². The molecule has 1 heterocycles. The maximum Gasteiger partial charge on any atom is 0.0692 e. The molecule has 92 valence electrons. The van der Waals surface area contributed by atoms with Crippen LogP contribution in [-0.2, 0) is 6.54 Å². The number of nitrogens with zero attached hydrogens (tertiary/aromatic N) is 3. The van der Waals surface area contributed by atoms with E-state index in [-0.39, 0.29) is 0 Å². The summed E-state index contributed by atoms with van der Waals surface area (Å²) < 4.78 is 1.85. The Labute approximate surface area is 98.4 Å². The molecule has 0 saturated heterocycles. The van der Waals surface area contributed by atoms with E-state index in [0.717, 1.165) is 19.0 Å². The van der Waals surface area contributed by atoms with Gasteiger partial charge >= 0.3 is 0 Å². The smallest absolute Gasteiger partial charge is 0.0692 e.